The van der Waals surface area contributed by atoms with Crippen molar-refractivity contribution in [1.29, 1.82) is 0 Å². The summed E-state index contributed by atoms with van der Waals surface area (Å²) in [6.07, 6.45) is 1.49. The van der Waals surface area contributed by atoms with E-state index in [0.717, 1.165) is 23.9 Å². The lowest BCUT2D eigenvalue weighted by Gasteiger charge is -2.36. The van der Waals surface area contributed by atoms with Crippen LogP contribution in [0.1, 0.15) is 32.7 Å². The fourth-order valence-electron chi connectivity index (χ4n) is 3.26. The average Bonchev–Trinajstić information content (AvgIpc) is 2.90. The Bertz CT molecular complexity index is 767. The van der Waals surface area contributed by atoms with E-state index in [2.05, 4.69) is 4.98 Å². The first kappa shape index (κ1) is 15.8. The highest BCUT2D eigenvalue weighted by Gasteiger charge is 2.34. The Morgan fingerprint density at radius 3 is 2.61 bits per heavy atom. The van der Waals surface area contributed by atoms with E-state index in [9.17, 15) is 14.7 Å². The first-order valence-corrected chi connectivity index (χ1v) is 8.03. The number of H-pyrrole nitrogens is 1. The molecule has 6 nitrogen and oxygen atoms in total. The Kier molecular flexibility index (Phi) is 4.02. The molecule has 0 atom stereocenters. The Hall–Kier alpha value is -2.08. The van der Waals surface area contributed by atoms with Gasteiger partial charge in [0.25, 0.3) is 0 Å². The van der Waals surface area contributed by atoms with Crippen LogP contribution in [0, 0.1) is 5.41 Å². The number of aromatic amines is 1. The number of para-hydroxylation sites is 2. The molecule has 0 saturated carbocycles. The molecule has 2 heterocycles. The van der Waals surface area contributed by atoms with E-state index in [4.69, 9.17) is 0 Å². The van der Waals surface area contributed by atoms with Gasteiger partial charge in [-0.3, -0.25) is 9.36 Å². The zero-order chi connectivity index (χ0) is 16.6. The molecule has 0 aliphatic carbocycles. The molecule has 1 saturated heterocycles. The summed E-state index contributed by atoms with van der Waals surface area (Å²) in [5.74, 6) is -0.0234. The Labute approximate surface area is 134 Å². The van der Waals surface area contributed by atoms with Gasteiger partial charge >= 0.3 is 5.69 Å². The molecule has 0 unspecified atom stereocenters. The van der Waals surface area contributed by atoms with Crippen LogP contribution >= 0.6 is 0 Å². The van der Waals surface area contributed by atoms with Gasteiger partial charge in [0, 0.05) is 19.1 Å². The first-order valence-electron chi connectivity index (χ1n) is 8.03. The van der Waals surface area contributed by atoms with Gasteiger partial charge in [-0.05, 0) is 38.8 Å². The molecule has 1 aromatic heterocycles. The number of likely N-dealkylation sites (tertiary alicyclic amines) is 1. The van der Waals surface area contributed by atoms with Crippen molar-refractivity contribution >= 4 is 16.9 Å². The molecular weight excluding hydrogens is 294 g/mol. The number of imidazole rings is 1. The van der Waals surface area contributed by atoms with Gasteiger partial charge in [0.15, 0.2) is 0 Å². The van der Waals surface area contributed by atoms with Gasteiger partial charge in [-0.1, -0.05) is 12.1 Å². The molecule has 23 heavy (non-hydrogen) atoms. The maximum Gasteiger partial charge on any atom is 0.326 e. The van der Waals surface area contributed by atoms with Crippen LogP contribution in [0.3, 0.4) is 0 Å². The molecule has 0 radical (unpaired) electrons. The second-order valence-electron chi connectivity index (χ2n) is 6.88. The minimum atomic E-state index is -0.746. The molecule has 0 bridgehead atoms. The molecule has 1 aliphatic rings. The lowest BCUT2D eigenvalue weighted by atomic mass is 9.91. The van der Waals surface area contributed by atoms with Crippen LogP contribution in [-0.4, -0.2) is 45.2 Å². The zero-order valence-electron chi connectivity index (χ0n) is 13.6. The van der Waals surface area contributed by atoms with Crippen molar-refractivity contribution in [3.63, 3.8) is 0 Å². The van der Waals surface area contributed by atoms with Crippen LogP contribution in [-0.2, 0) is 4.79 Å². The van der Waals surface area contributed by atoms with Gasteiger partial charge in [0.2, 0.25) is 5.91 Å². The molecule has 1 aliphatic heterocycles. The van der Waals surface area contributed by atoms with Crippen molar-refractivity contribution in [3.8, 4) is 0 Å². The number of nitrogens with one attached hydrogen (secondary N) is 1. The molecule has 0 spiro atoms. The van der Waals surface area contributed by atoms with E-state index in [1.807, 2.05) is 28.8 Å². The highest BCUT2D eigenvalue weighted by atomic mass is 16.3. The Balaban J connectivity index is 1.78. The number of benzene rings is 1. The summed E-state index contributed by atoms with van der Waals surface area (Å²) in [5, 5.41) is 9.36. The van der Waals surface area contributed by atoms with Crippen LogP contribution in [0.15, 0.2) is 29.1 Å². The molecule has 2 N–H and O–H groups in total. The number of aromatic nitrogens is 2. The maximum absolute atomic E-state index is 12.4. The molecule has 1 aromatic carbocycles. The monoisotopic (exact) mass is 317 g/mol. The third-order valence-corrected chi connectivity index (χ3v) is 4.72. The number of aliphatic hydroxyl groups is 1. The molecule has 2 aromatic rings. The smallest absolute Gasteiger partial charge is 0.326 e. The summed E-state index contributed by atoms with van der Waals surface area (Å²) < 4.78 is 1.81. The van der Waals surface area contributed by atoms with E-state index >= 15 is 0 Å². The molecule has 6 heteroatoms. The summed E-state index contributed by atoms with van der Waals surface area (Å²) in [7, 11) is 0. The summed E-state index contributed by atoms with van der Waals surface area (Å²) in [4.78, 5) is 29.4. The van der Waals surface area contributed by atoms with Crippen molar-refractivity contribution < 1.29 is 9.90 Å². The fourth-order valence-corrected chi connectivity index (χ4v) is 3.26. The molecule has 124 valence electrons. The number of amides is 1. The van der Waals surface area contributed by atoms with Gasteiger partial charge in [-0.15, -0.1) is 0 Å². The van der Waals surface area contributed by atoms with Crippen molar-refractivity contribution in [1.82, 2.24) is 14.5 Å². The number of carbonyl (C=O) groups excluding carboxylic acids is 1. The zero-order valence-corrected chi connectivity index (χ0v) is 13.6. The predicted molar refractivity (Wildman–Crippen MR) is 88.3 cm³/mol. The summed E-state index contributed by atoms with van der Waals surface area (Å²) in [5.41, 5.74) is 0.923. The van der Waals surface area contributed by atoms with Crippen molar-refractivity contribution in [2.75, 3.05) is 19.7 Å². The number of fused-ring (bicyclic) bond motifs is 1. The normalized spacial score (nSPS) is 16.9. The fraction of sp³-hybridized carbons (Fsp3) is 0.529. The van der Waals surface area contributed by atoms with Crippen LogP contribution in [0.5, 0.6) is 0 Å². The first-order chi connectivity index (χ1) is 10.9. The van der Waals surface area contributed by atoms with Gasteiger partial charge in [-0.2, -0.15) is 0 Å². The second-order valence-corrected chi connectivity index (χ2v) is 6.88. The highest BCUT2D eigenvalue weighted by Crippen LogP contribution is 2.27. The highest BCUT2D eigenvalue weighted by molar-refractivity contribution is 5.82. The largest absolute Gasteiger partial charge is 0.395 e. The van der Waals surface area contributed by atoms with Crippen molar-refractivity contribution in [2.24, 2.45) is 5.41 Å². The minimum absolute atomic E-state index is 0.0234. The van der Waals surface area contributed by atoms with Crippen LogP contribution < -0.4 is 5.69 Å². The van der Waals surface area contributed by atoms with Crippen LogP contribution in [0.25, 0.3) is 11.0 Å². The Morgan fingerprint density at radius 1 is 1.30 bits per heavy atom. The van der Waals surface area contributed by atoms with Crippen LogP contribution in [0.2, 0.25) is 0 Å². The number of piperidine rings is 1. The molecule has 3 rings (SSSR count). The van der Waals surface area contributed by atoms with Gasteiger partial charge < -0.3 is 15.0 Å². The number of carbonyl (C=O) groups is 1. The Morgan fingerprint density at radius 2 is 1.96 bits per heavy atom. The van der Waals surface area contributed by atoms with Gasteiger partial charge in [-0.25, -0.2) is 4.79 Å². The van der Waals surface area contributed by atoms with E-state index in [-0.39, 0.29) is 24.2 Å². The number of nitrogens with zero attached hydrogens (tertiary/aromatic N) is 2. The van der Waals surface area contributed by atoms with Crippen molar-refractivity contribution in [3.05, 3.63) is 34.7 Å². The van der Waals surface area contributed by atoms with Gasteiger partial charge in [0.05, 0.1) is 23.1 Å². The standard InChI is InChI=1S/C17H23N3O3/c1-17(2,11-21)15(22)19-9-7-12(8-10-19)20-14-6-4-3-5-13(14)18-16(20)23/h3-6,12,21H,7-11H2,1-2H3,(H,18,23). The topological polar surface area (TPSA) is 78.3 Å². The third-order valence-electron chi connectivity index (χ3n) is 4.72. The maximum atomic E-state index is 12.4. The third kappa shape index (κ3) is 2.79. The number of hydrogen-bond acceptors (Lipinski definition) is 3. The summed E-state index contributed by atoms with van der Waals surface area (Å²) >= 11 is 0. The number of hydrogen-bond donors (Lipinski definition) is 2. The van der Waals surface area contributed by atoms with E-state index < -0.39 is 5.41 Å². The lowest BCUT2D eigenvalue weighted by Crippen LogP contribution is -2.47. The number of aliphatic hydroxyl groups excluding tert-OH is 1. The van der Waals surface area contributed by atoms with E-state index in [0.29, 0.717) is 13.1 Å². The quantitative estimate of drug-likeness (QED) is 0.901. The van der Waals surface area contributed by atoms with E-state index in [1.165, 1.54) is 0 Å². The van der Waals surface area contributed by atoms with Gasteiger partial charge in [0.1, 0.15) is 0 Å². The average molecular weight is 317 g/mol. The minimum Gasteiger partial charge on any atom is -0.395 e. The second kappa shape index (κ2) is 5.85. The van der Waals surface area contributed by atoms with Crippen molar-refractivity contribution in [2.45, 2.75) is 32.7 Å². The lowest BCUT2D eigenvalue weighted by molar-refractivity contribution is -0.143. The molecule has 1 amide bonds. The molecule has 1 fully saturated rings. The predicted octanol–water partition coefficient (Wildman–Crippen LogP) is 1.51. The number of rotatable bonds is 3. The molecular formula is C17H23N3O3. The van der Waals surface area contributed by atoms with E-state index in [1.54, 1.807) is 18.7 Å². The summed E-state index contributed by atoms with van der Waals surface area (Å²) in [6, 6.07) is 7.77. The van der Waals surface area contributed by atoms with Crippen LogP contribution in [0.4, 0.5) is 0 Å². The summed E-state index contributed by atoms with van der Waals surface area (Å²) in [6.45, 7) is 4.57. The SMILES string of the molecule is CC(C)(CO)C(=O)N1CCC(n2c(=O)[nH]c3ccccc32)CC1.